The maximum absolute atomic E-state index is 14.0. The summed E-state index contributed by atoms with van der Waals surface area (Å²) in [6, 6.07) is 8.31. The van der Waals surface area contributed by atoms with Gasteiger partial charge in [0.25, 0.3) is 5.56 Å². The zero-order valence-corrected chi connectivity index (χ0v) is 15.6. The molecule has 3 aromatic rings. The fourth-order valence-corrected chi connectivity index (χ4v) is 3.49. The Morgan fingerprint density at radius 1 is 1.07 bits per heavy atom. The van der Waals surface area contributed by atoms with Gasteiger partial charge in [0, 0.05) is 36.3 Å². The smallest absolute Gasteiger partial charge is 0.306 e. The van der Waals surface area contributed by atoms with Crippen LogP contribution in [0, 0.1) is 11.6 Å². The van der Waals surface area contributed by atoms with E-state index in [9.17, 15) is 26.7 Å². The number of nitrogens with zero attached hydrogens (tertiary/aromatic N) is 2. The van der Waals surface area contributed by atoms with Crippen molar-refractivity contribution in [3.8, 4) is 11.4 Å². The van der Waals surface area contributed by atoms with E-state index in [0.29, 0.717) is 29.8 Å². The molecule has 2 aromatic carbocycles. The Labute approximate surface area is 168 Å². The van der Waals surface area contributed by atoms with E-state index in [1.807, 2.05) is 4.90 Å². The van der Waals surface area contributed by atoms with Crippen molar-refractivity contribution in [2.45, 2.75) is 25.7 Å². The molecule has 0 fully saturated rings. The molecule has 0 amide bonds. The van der Waals surface area contributed by atoms with E-state index in [1.165, 1.54) is 24.3 Å². The summed E-state index contributed by atoms with van der Waals surface area (Å²) in [7, 11) is 0. The minimum atomic E-state index is -4.46. The minimum absolute atomic E-state index is 0.146. The number of nitrogens with one attached hydrogen (secondary N) is 1. The molecular formula is C21H16F5N3O. The van der Waals surface area contributed by atoms with Crippen LogP contribution < -0.4 is 5.56 Å². The van der Waals surface area contributed by atoms with Gasteiger partial charge in [-0.1, -0.05) is 24.3 Å². The molecule has 156 valence electrons. The molecule has 0 saturated heterocycles. The Bertz CT molecular complexity index is 1140. The fraction of sp³-hybridized carbons (Fsp3) is 0.238. The summed E-state index contributed by atoms with van der Waals surface area (Å²) in [4.78, 5) is 21.3. The number of H-pyrrole nitrogens is 1. The summed E-state index contributed by atoms with van der Waals surface area (Å²) in [5, 5.41) is 0. The van der Waals surface area contributed by atoms with Gasteiger partial charge in [0.1, 0.15) is 5.82 Å². The second-order valence-electron chi connectivity index (χ2n) is 7.09. The predicted molar refractivity (Wildman–Crippen MR) is 99.5 cm³/mol. The Balaban J connectivity index is 1.60. The van der Waals surface area contributed by atoms with Gasteiger partial charge in [-0.3, -0.25) is 9.69 Å². The molecule has 9 heteroatoms. The Morgan fingerprint density at radius 2 is 1.80 bits per heavy atom. The topological polar surface area (TPSA) is 49.0 Å². The molecule has 1 aromatic heterocycles. The molecule has 30 heavy (non-hydrogen) atoms. The SMILES string of the molecule is O=c1[nH]c(-c2ccc(C(F)(F)F)cc2)nc2c1CCN(Cc1cccc(F)c1F)C2. The number of benzene rings is 2. The highest BCUT2D eigenvalue weighted by Crippen LogP contribution is 2.30. The lowest BCUT2D eigenvalue weighted by Crippen LogP contribution is -2.35. The van der Waals surface area contributed by atoms with Crippen LogP contribution in [-0.4, -0.2) is 21.4 Å². The zero-order chi connectivity index (χ0) is 21.5. The number of hydrogen-bond donors (Lipinski definition) is 1. The molecular weight excluding hydrogens is 405 g/mol. The average Bonchev–Trinajstić information content (AvgIpc) is 2.70. The van der Waals surface area contributed by atoms with E-state index >= 15 is 0 Å². The second-order valence-corrected chi connectivity index (χ2v) is 7.09. The van der Waals surface area contributed by atoms with E-state index in [-0.39, 0.29) is 30.0 Å². The summed E-state index contributed by atoms with van der Waals surface area (Å²) in [5.41, 5.74) is 0.349. The summed E-state index contributed by atoms with van der Waals surface area (Å²) < 4.78 is 65.7. The molecule has 1 N–H and O–H groups in total. The van der Waals surface area contributed by atoms with Gasteiger partial charge in [0.15, 0.2) is 11.6 Å². The first-order valence-electron chi connectivity index (χ1n) is 9.17. The highest BCUT2D eigenvalue weighted by molar-refractivity contribution is 5.56. The molecule has 0 bridgehead atoms. The molecule has 4 nitrogen and oxygen atoms in total. The van der Waals surface area contributed by atoms with E-state index in [2.05, 4.69) is 9.97 Å². The average molecular weight is 421 g/mol. The standard InChI is InChI=1S/C21H16F5N3O/c22-16-3-1-2-13(18(16)23)10-29-9-8-15-17(11-29)27-19(28-20(15)30)12-4-6-14(7-5-12)21(24,25)26/h1-7H,8-11H2,(H,27,28,30). The Hall–Kier alpha value is -3.07. The van der Waals surface area contributed by atoms with Crippen molar-refractivity contribution in [1.29, 1.82) is 0 Å². The highest BCUT2D eigenvalue weighted by Gasteiger charge is 2.30. The van der Waals surface area contributed by atoms with Crippen molar-refractivity contribution in [3.63, 3.8) is 0 Å². The van der Waals surface area contributed by atoms with Gasteiger partial charge in [-0.05, 0) is 24.6 Å². The van der Waals surface area contributed by atoms with E-state index in [1.54, 1.807) is 0 Å². The van der Waals surface area contributed by atoms with Crippen LogP contribution in [0.25, 0.3) is 11.4 Å². The number of hydrogen-bond acceptors (Lipinski definition) is 3. The third-order valence-electron chi connectivity index (χ3n) is 5.06. The molecule has 1 aliphatic heterocycles. The van der Waals surface area contributed by atoms with Gasteiger partial charge in [-0.25, -0.2) is 13.8 Å². The maximum atomic E-state index is 14.0. The van der Waals surface area contributed by atoms with Gasteiger partial charge in [-0.15, -0.1) is 0 Å². The lowest BCUT2D eigenvalue weighted by molar-refractivity contribution is -0.137. The van der Waals surface area contributed by atoms with Crippen LogP contribution in [-0.2, 0) is 25.7 Å². The van der Waals surface area contributed by atoms with Gasteiger partial charge in [0.05, 0.1) is 11.3 Å². The summed E-state index contributed by atoms with van der Waals surface area (Å²) in [5.74, 6) is -1.68. The summed E-state index contributed by atoms with van der Waals surface area (Å²) >= 11 is 0. The lowest BCUT2D eigenvalue weighted by Gasteiger charge is -2.27. The van der Waals surface area contributed by atoms with Crippen LogP contribution in [0.4, 0.5) is 22.0 Å². The van der Waals surface area contributed by atoms with Crippen molar-refractivity contribution in [2.75, 3.05) is 6.54 Å². The number of alkyl halides is 3. The molecule has 0 radical (unpaired) electrons. The molecule has 2 heterocycles. The first-order valence-corrected chi connectivity index (χ1v) is 9.17. The maximum Gasteiger partial charge on any atom is 0.416 e. The van der Waals surface area contributed by atoms with Crippen LogP contribution in [0.3, 0.4) is 0 Å². The second kappa shape index (κ2) is 7.64. The van der Waals surface area contributed by atoms with Crippen molar-refractivity contribution < 1.29 is 22.0 Å². The summed E-state index contributed by atoms with van der Waals surface area (Å²) in [6.07, 6.45) is -4.08. The first-order chi connectivity index (χ1) is 14.2. The quantitative estimate of drug-likeness (QED) is 0.642. The zero-order valence-electron chi connectivity index (χ0n) is 15.6. The Kier molecular flexibility index (Phi) is 5.15. The molecule has 0 saturated carbocycles. The van der Waals surface area contributed by atoms with Crippen LogP contribution in [0.1, 0.15) is 22.4 Å². The third-order valence-corrected chi connectivity index (χ3v) is 5.06. The summed E-state index contributed by atoms with van der Waals surface area (Å²) in [6.45, 7) is 0.851. The third kappa shape index (κ3) is 3.97. The monoisotopic (exact) mass is 421 g/mol. The van der Waals surface area contributed by atoms with E-state index in [4.69, 9.17) is 0 Å². The molecule has 0 aliphatic carbocycles. The molecule has 0 unspecified atom stereocenters. The van der Waals surface area contributed by atoms with Crippen LogP contribution in [0.5, 0.6) is 0 Å². The molecule has 4 rings (SSSR count). The number of halogens is 5. The van der Waals surface area contributed by atoms with Gasteiger partial charge in [0.2, 0.25) is 0 Å². The van der Waals surface area contributed by atoms with E-state index < -0.39 is 23.4 Å². The van der Waals surface area contributed by atoms with Crippen molar-refractivity contribution in [2.24, 2.45) is 0 Å². The fourth-order valence-electron chi connectivity index (χ4n) is 3.49. The molecule has 0 atom stereocenters. The number of aromatic amines is 1. The van der Waals surface area contributed by atoms with Crippen LogP contribution >= 0.6 is 0 Å². The minimum Gasteiger partial charge on any atom is -0.306 e. The molecule has 0 spiro atoms. The van der Waals surface area contributed by atoms with Crippen LogP contribution in [0.2, 0.25) is 0 Å². The first kappa shape index (κ1) is 20.2. The van der Waals surface area contributed by atoms with E-state index in [0.717, 1.165) is 18.2 Å². The molecule has 1 aliphatic rings. The lowest BCUT2D eigenvalue weighted by atomic mass is 10.0. The number of fused-ring (bicyclic) bond motifs is 1. The van der Waals surface area contributed by atoms with Gasteiger partial charge in [-0.2, -0.15) is 13.2 Å². The predicted octanol–water partition coefficient (Wildman–Crippen LogP) is 4.29. The largest absolute Gasteiger partial charge is 0.416 e. The van der Waals surface area contributed by atoms with Gasteiger partial charge < -0.3 is 4.98 Å². The normalized spacial score (nSPS) is 14.6. The number of aromatic nitrogens is 2. The van der Waals surface area contributed by atoms with Crippen molar-refractivity contribution in [3.05, 3.63) is 86.8 Å². The number of rotatable bonds is 3. The highest BCUT2D eigenvalue weighted by atomic mass is 19.4. The van der Waals surface area contributed by atoms with Crippen molar-refractivity contribution >= 4 is 0 Å². The van der Waals surface area contributed by atoms with Gasteiger partial charge >= 0.3 is 6.18 Å². The van der Waals surface area contributed by atoms with Crippen LogP contribution in [0.15, 0.2) is 47.3 Å². The van der Waals surface area contributed by atoms with Crippen molar-refractivity contribution in [1.82, 2.24) is 14.9 Å². The Morgan fingerprint density at radius 3 is 2.50 bits per heavy atom.